The van der Waals surface area contributed by atoms with Gasteiger partial charge in [0.15, 0.2) is 0 Å². The lowest BCUT2D eigenvalue weighted by atomic mass is 10.0. The molecule has 0 fully saturated rings. The number of nitrogens with one attached hydrogen (secondary N) is 4. The van der Waals surface area contributed by atoms with Crippen molar-refractivity contribution in [2.24, 2.45) is 0 Å². The van der Waals surface area contributed by atoms with Crippen molar-refractivity contribution in [3.8, 4) is 0 Å². The predicted molar refractivity (Wildman–Crippen MR) is 138 cm³/mol. The Bertz CT molecular complexity index is 543. The van der Waals surface area contributed by atoms with Crippen LogP contribution in [0.25, 0.3) is 0 Å². The minimum Gasteiger partial charge on any atom is -0.391 e. The van der Waals surface area contributed by atoms with E-state index < -0.39 is 12.1 Å². The summed E-state index contributed by atoms with van der Waals surface area (Å²) in [6, 6.07) is -0.973. The minimum absolute atomic E-state index is 0.0741. The van der Waals surface area contributed by atoms with Crippen LogP contribution in [-0.4, -0.2) is 61.2 Å². The molecule has 0 saturated heterocycles. The van der Waals surface area contributed by atoms with Crippen molar-refractivity contribution < 1.29 is 19.5 Å². The maximum atomic E-state index is 13.0. The van der Waals surface area contributed by atoms with Crippen molar-refractivity contribution in [2.75, 3.05) is 20.1 Å². The molecule has 0 saturated carbocycles. The molecule has 0 bridgehead atoms. The van der Waals surface area contributed by atoms with Crippen molar-refractivity contribution in [1.82, 2.24) is 21.3 Å². The first kappa shape index (κ1) is 32.3. The molecule has 0 aliphatic carbocycles. The van der Waals surface area contributed by atoms with Gasteiger partial charge in [0.1, 0.15) is 6.04 Å². The standard InChI is InChI=1S/C26H52N4O4/c1-5-7-9-17-24(32)28-20-14-12-16-23(29-25(33)18-10-8-6-2)26(34)30-22(21(3)31)15-11-13-19-27-4/h21-23,27,31H,5-20H2,1-4H3,(H,28,32)(H,29,33)(H,30,34). The van der Waals surface area contributed by atoms with Gasteiger partial charge in [0.2, 0.25) is 17.7 Å². The molecule has 34 heavy (non-hydrogen) atoms. The van der Waals surface area contributed by atoms with Crippen molar-refractivity contribution in [1.29, 1.82) is 0 Å². The molecule has 8 heteroatoms. The lowest BCUT2D eigenvalue weighted by Gasteiger charge is -2.25. The second-order valence-electron chi connectivity index (χ2n) is 9.34. The maximum Gasteiger partial charge on any atom is 0.242 e. The van der Waals surface area contributed by atoms with Crippen LogP contribution in [0.1, 0.15) is 111 Å². The van der Waals surface area contributed by atoms with Crippen LogP contribution in [0.3, 0.4) is 0 Å². The number of unbranched alkanes of at least 4 members (excludes halogenated alkanes) is 6. The molecule has 0 aromatic heterocycles. The Morgan fingerprint density at radius 2 is 1.32 bits per heavy atom. The number of carbonyl (C=O) groups excluding carboxylic acids is 3. The van der Waals surface area contributed by atoms with Crippen molar-refractivity contribution >= 4 is 17.7 Å². The summed E-state index contributed by atoms with van der Waals surface area (Å²) in [5, 5.41) is 22.0. The first-order chi connectivity index (χ1) is 16.3. The van der Waals surface area contributed by atoms with E-state index in [4.69, 9.17) is 0 Å². The molecule has 0 radical (unpaired) electrons. The molecule has 3 amide bonds. The number of hydrogen-bond donors (Lipinski definition) is 5. The SMILES string of the molecule is CCCCCC(=O)NCCCCC(NC(=O)CCCCC)C(=O)NC(CCCCNC)C(C)O. The van der Waals surface area contributed by atoms with Crippen LogP contribution in [0, 0.1) is 0 Å². The van der Waals surface area contributed by atoms with Crippen molar-refractivity contribution in [3.63, 3.8) is 0 Å². The molecule has 200 valence electrons. The molecule has 0 aliphatic heterocycles. The molecule has 5 N–H and O–H groups in total. The molecule has 0 aromatic rings. The van der Waals surface area contributed by atoms with Gasteiger partial charge >= 0.3 is 0 Å². The van der Waals surface area contributed by atoms with Crippen molar-refractivity contribution in [2.45, 2.75) is 129 Å². The van der Waals surface area contributed by atoms with E-state index in [1.165, 1.54) is 0 Å². The zero-order valence-electron chi connectivity index (χ0n) is 22.2. The summed E-state index contributed by atoms with van der Waals surface area (Å²) < 4.78 is 0. The molecule has 8 nitrogen and oxygen atoms in total. The third-order valence-electron chi connectivity index (χ3n) is 6.01. The largest absolute Gasteiger partial charge is 0.391 e. The van der Waals surface area contributed by atoms with E-state index in [1.807, 2.05) is 7.05 Å². The first-order valence-corrected chi connectivity index (χ1v) is 13.5. The summed E-state index contributed by atoms with van der Waals surface area (Å²) >= 11 is 0. The van der Waals surface area contributed by atoms with Crippen LogP contribution >= 0.6 is 0 Å². The smallest absolute Gasteiger partial charge is 0.242 e. The summed E-state index contributed by atoms with van der Waals surface area (Å²) in [5.74, 6) is -0.280. The van der Waals surface area contributed by atoms with E-state index in [0.29, 0.717) is 38.6 Å². The van der Waals surface area contributed by atoms with Gasteiger partial charge in [0.25, 0.3) is 0 Å². The average Bonchev–Trinajstić information content (AvgIpc) is 2.80. The molecule has 0 spiro atoms. The molecule has 3 unspecified atom stereocenters. The molecular weight excluding hydrogens is 432 g/mol. The number of hydrogen-bond acceptors (Lipinski definition) is 5. The minimum atomic E-state index is -0.664. The quantitative estimate of drug-likeness (QED) is 0.151. The fraction of sp³-hybridized carbons (Fsp3) is 0.885. The Kier molecular flexibility index (Phi) is 20.8. The van der Waals surface area contributed by atoms with Gasteiger partial charge in [-0.1, -0.05) is 46.0 Å². The zero-order chi connectivity index (χ0) is 25.6. The fourth-order valence-electron chi connectivity index (χ4n) is 3.78. The summed E-state index contributed by atoms with van der Waals surface area (Å²) in [5.41, 5.74) is 0. The molecule has 0 heterocycles. The lowest BCUT2D eigenvalue weighted by molar-refractivity contribution is -0.130. The summed E-state index contributed by atoms with van der Waals surface area (Å²) in [6.45, 7) is 7.35. The third kappa shape index (κ3) is 17.8. The molecule has 0 aliphatic rings. The highest BCUT2D eigenvalue weighted by Gasteiger charge is 2.24. The van der Waals surface area contributed by atoms with Crippen LogP contribution in [0.15, 0.2) is 0 Å². The van der Waals surface area contributed by atoms with Gasteiger partial charge in [0, 0.05) is 19.4 Å². The molecule has 0 aromatic carbocycles. The van der Waals surface area contributed by atoms with E-state index in [2.05, 4.69) is 35.1 Å². The van der Waals surface area contributed by atoms with E-state index >= 15 is 0 Å². The summed E-state index contributed by atoms with van der Waals surface area (Å²) in [4.78, 5) is 37.3. The Balaban J connectivity index is 4.72. The van der Waals surface area contributed by atoms with Crippen LogP contribution in [0.2, 0.25) is 0 Å². The second kappa shape index (κ2) is 21.8. The lowest BCUT2D eigenvalue weighted by Crippen LogP contribution is -2.52. The van der Waals surface area contributed by atoms with Gasteiger partial charge < -0.3 is 26.4 Å². The highest BCUT2D eigenvalue weighted by molar-refractivity contribution is 5.87. The highest BCUT2D eigenvalue weighted by atomic mass is 16.3. The maximum absolute atomic E-state index is 13.0. The monoisotopic (exact) mass is 484 g/mol. The second-order valence-corrected chi connectivity index (χ2v) is 9.34. The number of rotatable bonds is 22. The first-order valence-electron chi connectivity index (χ1n) is 13.5. The zero-order valence-corrected chi connectivity index (χ0v) is 22.2. The van der Waals surface area contributed by atoms with Crippen LogP contribution in [-0.2, 0) is 14.4 Å². The van der Waals surface area contributed by atoms with Gasteiger partial charge in [-0.3, -0.25) is 14.4 Å². The molecule has 3 atom stereocenters. The number of aliphatic hydroxyl groups is 1. The Morgan fingerprint density at radius 1 is 0.735 bits per heavy atom. The van der Waals surface area contributed by atoms with Gasteiger partial charge in [-0.2, -0.15) is 0 Å². The van der Waals surface area contributed by atoms with Crippen LogP contribution in [0.4, 0.5) is 0 Å². The van der Waals surface area contributed by atoms with Crippen molar-refractivity contribution in [3.05, 3.63) is 0 Å². The normalized spacial score (nSPS) is 13.7. The fourth-order valence-corrected chi connectivity index (χ4v) is 3.78. The van der Waals surface area contributed by atoms with Crippen LogP contribution < -0.4 is 21.3 Å². The van der Waals surface area contributed by atoms with E-state index in [1.54, 1.807) is 6.92 Å². The Labute approximate surface area is 207 Å². The van der Waals surface area contributed by atoms with Gasteiger partial charge in [-0.05, 0) is 65.5 Å². The topological polar surface area (TPSA) is 120 Å². The average molecular weight is 485 g/mol. The molecule has 0 rings (SSSR count). The number of amides is 3. The Morgan fingerprint density at radius 3 is 1.91 bits per heavy atom. The van der Waals surface area contributed by atoms with Gasteiger partial charge in [-0.25, -0.2) is 0 Å². The van der Waals surface area contributed by atoms with Gasteiger partial charge in [0.05, 0.1) is 12.1 Å². The summed E-state index contributed by atoms with van der Waals surface area (Å²) in [7, 11) is 1.90. The highest BCUT2D eigenvalue weighted by Crippen LogP contribution is 2.09. The summed E-state index contributed by atoms with van der Waals surface area (Å²) in [6.07, 6.45) is 10.7. The molecular formula is C26H52N4O4. The van der Waals surface area contributed by atoms with E-state index in [9.17, 15) is 19.5 Å². The van der Waals surface area contributed by atoms with E-state index in [0.717, 1.165) is 64.3 Å². The van der Waals surface area contributed by atoms with E-state index in [-0.39, 0.29) is 23.8 Å². The number of carbonyl (C=O) groups is 3. The predicted octanol–water partition coefficient (Wildman–Crippen LogP) is 3.17. The van der Waals surface area contributed by atoms with Crippen LogP contribution in [0.5, 0.6) is 0 Å². The number of aliphatic hydroxyl groups excluding tert-OH is 1. The van der Waals surface area contributed by atoms with Gasteiger partial charge in [-0.15, -0.1) is 0 Å². The third-order valence-corrected chi connectivity index (χ3v) is 6.01. The Hall–Kier alpha value is -1.67.